The van der Waals surface area contributed by atoms with E-state index in [1.807, 2.05) is 12.1 Å². The zero-order chi connectivity index (χ0) is 11.4. The maximum atomic E-state index is 5.07. The van der Waals surface area contributed by atoms with Crippen molar-refractivity contribution in [2.75, 3.05) is 14.2 Å². The summed E-state index contributed by atoms with van der Waals surface area (Å²) >= 11 is 0. The van der Waals surface area contributed by atoms with Gasteiger partial charge in [0.15, 0.2) is 0 Å². The fourth-order valence-electron chi connectivity index (χ4n) is 1.27. The van der Waals surface area contributed by atoms with Crippen LogP contribution in [0.3, 0.4) is 0 Å². The van der Waals surface area contributed by atoms with E-state index < -0.39 is 0 Å². The van der Waals surface area contributed by atoms with Crippen LogP contribution in [0.25, 0.3) is 11.3 Å². The summed E-state index contributed by atoms with van der Waals surface area (Å²) < 4.78 is 10.1. The van der Waals surface area contributed by atoms with Gasteiger partial charge in [0.2, 0.25) is 5.88 Å². The van der Waals surface area contributed by atoms with Crippen molar-refractivity contribution in [2.24, 2.45) is 0 Å². The normalized spacial score (nSPS) is 9.88. The van der Waals surface area contributed by atoms with E-state index in [1.165, 1.54) is 7.11 Å². The lowest BCUT2D eigenvalue weighted by Crippen LogP contribution is -1.97. The highest BCUT2D eigenvalue weighted by Gasteiger charge is 2.06. The molecule has 82 valence electrons. The van der Waals surface area contributed by atoms with Crippen LogP contribution in [0.5, 0.6) is 11.9 Å². The number of aromatic nitrogens is 3. The van der Waals surface area contributed by atoms with Gasteiger partial charge in [0.05, 0.1) is 19.9 Å². The molecule has 0 atom stereocenters. The van der Waals surface area contributed by atoms with Gasteiger partial charge in [0.25, 0.3) is 0 Å². The Morgan fingerprint density at radius 1 is 1.00 bits per heavy atom. The molecule has 0 aliphatic heterocycles. The second kappa shape index (κ2) is 4.57. The van der Waals surface area contributed by atoms with Crippen molar-refractivity contribution in [1.82, 2.24) is 15.0 Å². The highest BCUT2D eigenvalue weighted by atomic mass is 16.5. The molecule has 0 saturated carbocycles. The predicted molar refractivity (Wildman–Crippen MR) is 58.4 cm³/mol. The highest BCUT2D eigenvalue weighted by molar-refractivity contribution is 5.59. The minimum absolute atomic E-state index is 0.283. The van der Waals surface area contributed by atoms with Gasteiger partial charge in [-0.3, -0.25) is 4.98 Å². The molecule has 0 N–H and O–H groups in total. The van der Waals surface area contributed by atoms with Crippen LogP contribution >= 0.6 is 0 Å². The first-order chi connectivity index (χ1) is 7.83. The van der Waals surface area contributed by atoms with Crippen molar-refractivity contribution in [3.8, 4) is 23.1 Å². The second-order valence-corrected chi connectivity index (χ2v) is 3.02. The molecule has 0 aromatic carbocycles. The molecule has 0 spiro atoms. The minimum Gasteiger partial charge on any atom is -0.481 e. The molecule has 2 heterocycles. The molecule has 0 aliphatic carbocycles. The van der Waals surface area contributed by atoms with Crippen LogP contribution < -0.4 is 9.47 Å². The van der Waals surface area contributed by atoms with Gasteiger partial charge in [-0.25, -0.2) is 0 Å². The monoisotopic (exact) mass is 217 g/mol. The van der Waals surface area contributed by atoms with Crippen molar-refractivity contribution < 1.29 is 9.47 Å². The predicted octanol–water partition coefficient (Wildman–Crippen LogP) is 1.56. The molecule has 0 bridgehead atoms. The van der Waals surface area contributed by atoms with Gasteiger partial charge >= 0.3 is 6.01 Å². The van der Waals surface area contributed by atoms with Gasteiger partial charge in [-0.15, -0.1) is 0 Å². The van der Waals surface area contributed by atoms with Gasteiger partial charge in [-0.05, 0) is 12.1 Å². The van der Waals surface area contributed by atoms with E-state index in [0.717, 1.165) is 11.3 Å². The number of rotatable bonds is 3. The van der Waals surface area contributed by atoms with Crippen LogP contribution in [-0.4, -0.2) is 29.2 Å². The van der Waals surface area contributed by atoms with Crippen LogP contribution in [0.2, 0.25) is 0 Å². The van der Waals surface area contributed by atoms with E-state index in [9.17, 15) is 0 Å². The molecule has 2 aromatic heterocycles. The molecule has 0 fully saturated rings. The number of methoxy groups -OCH3 is 2. The first-order valence-corrected chi connectivity index (χ1v) is 4.71. The summed E-state index contributed by atoms with van der Waals surface area (Å²) in [6.45, 7) is 0. The molecular formula is C11H11N3O2. The smallest absolute Gasteiger partial charge is 0.320 e. The Bertz CT molecular complexity index is 452. The summed E-state index contributed by atoms with van der Waals surface area (Å²) in [7, 11) is 3.07. The van der Waals surface area contributed by atoms with Gasteiger partial charge in [0, 0.05) is 24.0 Å². The largest absolute Gasteiger partial charge is 0.481 e. The molecule has 5 heteroatoms. The average molecular weight is 217 g/mol. The first kappa shape index (κ1) is 10.4. The summed E-state index contributed by atoms with van der Waals surface area (Å²) in [6.07, 6.45) is 3.41. The van der Waals surface area contributed by atoms with Crippen LogP contribution in [0.1, 0.15) is 0 Å². The maximum Gasteiger partial charge on any atom is 0.320 e. The molecule has 0 aliphatic rings. The molecule has 0 saturated heterocycles. The fourth-order valence-corrected chi connectivity index (χ4v) is 1.27. The molecule has 0 amide bonds. The molecule has 16 heavy (non-hydrogen) atoms. The summed E-state index contributed by atoms with van der Waals surface area (Å²) in [6, 6.07) is 5.76. The van der Waals surface area contributed by atoms with Gasteiger partial charge < -0.3 is 9.47 Å². The number of ether oxygens (including phenoxy) is 2. The lowest BCUT2D eigenvalue weighted by Gasteiger charge is -2.05. The van der Waals surface area contributed by atoms with Crippen LogP contribution in [-0.2, 0) is 0 Å². The Morgan fingerprint density at radius 3 is 2.38 bits per heavy atom. The van der Waals surface area contributed by atoms with E-state index in [1.54, 1.807) is 25.6 Å². The Morgan fingerprint density at radius 2 is 1.75 bits per heavy atom. The zero-order valence-electron chi connectivity index (χ0n) is 9.04. The van der Waals surface area contributed by atoms with E-state index in [2.05, 4.69) is 15.0 Å². The summed E-state index contributed by atoms with van der Waals surface area (Å²) in [4.78, 5) is 12.2. The first-order valence-electron chi connectivity index (χ1n) is 4.71. The number of hydrogen-bond acceptors (Lipinski definition) is 5. The average Bonchev–Trinajstić information content (AvgIpc) is 2.39. The molecular weight excluding hydrogens is 206 g/mol. The fraction of sp³-hybridized carbons (Fsp3) is 0.182. The van der Waals surface area contributed by atoms with E-state index in [0.29, 0.717) is 5.88 Å². The van der Waals surface area contributed by atoms with Crippen molar-refractivity contribution in [2.45, 2.75) is 0 Å². The van der Waals surface area contributed by atoms with Crippen molar-refractivity contribution >= 4 is 0 Å². The maximum absolute atomic E-state index is 5.07. The van der Waals surface area contributed by atoms with E-state index in [4.69, 9.17) is 9.47 Å². The number of pyridine rings is 1. The lowest BCUT2D eigenvalue weighted by atomic mass is 10.2. The van der Waals surface area contributed by atoms with Crippen LogP contribution in [0.15, 0.2) is 30.6 Å². The van der Waals surface area contributed by atoms with Gasteiger partial charge in [-0.1, -0.05) is 0 Å². The molecule has 5 nitrogen and oxygen atoms in total. The third-order valence-electron chi connectivity index (χ3n) is 2.05. The minimum atomic E-state index is 0.283. The second-order valence-electron chi connectivity index (χ2n) is 3.02. The number of nitrogens with zero attached hydrogens (tertiary/aromatic N) is 3. The Kier molecular flexibility index (Phi) is 2.95. The molecule has 2 aromatic rings. The SMILES string of the molecule is COc1cc(-c2ccncc2)nc(OC)n1. The zero-order valence-corrected chi connectivity index (χ0v) is 9.04. The Balaban J connectivity index is 2.48. The van der Waals surface area contributed by atoms with E-state index in [-0.39, 0.29) is 6.01 Å². The summed E-state index contributed by atoms with van der Waals surface area (Å²) in [5, 5.41) is 0. The molecule has 0 radical (unpaired) electrons. The highest BCUT2D eigenvalue weighted by Crippen LogP contribution is 2.22. The van der Waals surface area contributed by atoms with Gasteiger partial charge in [0.1, 0.15) is 0 Å². The topological polar surface area (TPSA) is 57.1 Å². The lowest BCUT2D eigenvalue weighted by molar-refractivity contribution is 0.353. The summed E-state index contributed by atoms with van der Waals surface area (Å²) in [5.74, 6) is 0.471. The van der Waals surface area contributed by atoms with Crippen molar-refractivity contribution in [3.05, 3.63) is 30.6 Å². The van der Waals surface area contributed by atoms with Gasteiger partial charge in [-0.2, -0.15) is 9.97 Å². The van der Waals surface area contributed by atoms with Crippen LogP contribution in [0.4, 0.5) is 0 Å². The third kappa shape index (κ3) is 2.08. The van der Waals surface area contributed by atoms with Crippen LogP contribution in [0, 0.1) is 0 Å². The van der Waals surface area contributed by atoms with E-state index >= 15 is 0 Å². The van der Waals surface area contributed by atoms with Crippen molar-refractivity contribution in [1.29, 1.82) is 0 Å². The molecule has 2 rings (SSSR count). The quantitative estimate of drug-likeness (QED) is 0.780. The standard InChI is InChI=1S/C11H11N3O2/c1-15-10-7-9(13-11(14-10)16-2)8-3-5-12-6-4-8/h3-7H,1-2H3. The third-order valence-corrected chi connectivity index (χ3v) is 2.05. The number of hydrogen-bond donors (Lipinski definition) is 0. The Labute approximate surface area is 93.1 Å². The molecule has 0 unspecified atom stereocenters. The summed E-state index contributed by atoms with van der Waals surface area (Å²) in [5.41, 5.74) is 1.68. The Hall–Kier alpha value is -2.17. The van der Waals surface area contributed by atoms with Crippen molar-refractivity contribution in [3.63, 3.8) is 0 Å².